The van der Waals surface area contributed by atoms with Crippen molar-refractivity contribution in [3.05, 3.63) is 91.9 Å². The summed E-state index contributed by atoms with van der Waals surface area (Å²) in [6, 6.07) is 17.3. The predicted octanol–water partition coefficient (Wildman–Crippen LogP) is 6.99. The minimum absolute atomic E-state index is 0.567. The van der Waals surface area contributed by atoms with E-state index in [1.54, 1.807) is 6.92 Å². The standard InChI is InChI=1S/C24H20Cl3NO/c1-3-28-24(2,29)22-13-17(27)12-21-19(10-14-4-6-15(25)7-5-14)20-11-16(26)8-9-18(20)23(21)22/h4-13,28-29H,3H2,1-2H3. The normalized spacial score (nSPS) is 15.9. The van der Waals surface area contributed by atoms with E-state index in [1.807, 2.05) is 61.5 Å². The second-order valence-corrected chi connectivity index (χ2v) is 8.59. The maximum atomic E-state index is 11.1. The zero-order chi connectivity index (χ0) is 20.8. The fraction of sp³-hybridized carbons (Fsp3) is 0.167. The van der Waals surface area contributed by atoms with Gasteiger partial charge >= 0.3 is 0 Å². The van der Waals surface area contributed by atoms with Crippen LogP contribution < -0.4 is 5.32 Å². The summed E-state index contributed by atoms with van der Waals surface area (Å²) in [6.45, 7) is 4.33. The molecule has 0 radical (unpaired) electrons. The molecule has 0 saturated carbocycles. The van der Waals surface area contributed by atoms with Crippen LogP contribution in [0.2, 0.25) is 15.1 Å². The second-order valence-electron chi connectivity index (χ2n) is 7.28. The first kappa shape index (κ1) is 20.5. The zero-order valence-corrected chi connectivity index (χ0v) is 18.3. The van der Waals surface area contributed by atoms with Gasteiger partial charge in [-0.3, -0.25) is 5.32 Å². The number of fused-ring (bicyclic) bond motifs is 3. The molecular formula is C24H20Cl3NO. The highest BCUT2D eigenvalue weighted by molar-refractivity contribution is 6.32. The highest BCUT2D eigenvalue weighted by Gasteiger charge is 2.33. The third kappa shape index (κ3) is 3.84. The number of halogens is 3. The molecule has 0 spiro atoms. The van der Waals surface area contributed by atoms with Crippen LogP contribution in [0.4, 0.5) is 0 Å². The predicted molar refractivity (Wildman–Crippen MR) is 124 cm³/mol. The average Bonchev–Trinajstić information content (AvgIpc) is 2.95. The summed E-state index contributed by atoms with van der Waals surface area (Å²) < 4.78 is 0. The Kier molecular flexibility index (Phi) is 5.50. The molecule has 0 saturated heterocycles. The summed E-state index contributed by atoms with van der Waals surface area (Å²) in [6.07, 6.45) is 2.10. The summed E-state index contributed by atoms with van der Waals surface area (Å²) >= 11 is 18.9. The molecule has 0 bridgehead atoms. The quantitative estimate of drug-likeness (QED) is 0.332. The summed E-state index contributed by atoms with van der Waals surface area (Å²) in [5.41, 5.74) is 5.51. The van der Waals surface area contributed by atoms with E-state index < -0.39 is 5.72 Å². The van der Waals surface area contributed by atoms with Crippen molar-refractivity contribution < 1.29 is 5.11 Å². The zero-order valence-electron chi connectivity index (χ0n) is 16.1. The molecular weight excluding hydrogens is 425 g/mol. The van der Waals surface area contributed by atoms with Gasteiger partial charge in [-0.1, -0.05) is 59.9 Å². The van der Waals surface area contributed by atoms with Gasteiger partial charge in [-0.05, 0) is 89.3 Å². The van der Waals surface area contributed by atoms with Crippen molar-refractivity contribution in [1.82, 2.24) is 5.32 Å². The highest BCUT2D eigenvalue weighted by Crippen LogP contribution is 2.50. The molecule has 2 N–H and O–H groups in total. The molecule has 1 aliphatic carbocycles. The Morgan fingerprint density at radius 1 is 0.862 bits per heavy atom. The average molecular weight is 445 g/mol. The van der Waals surface area contributed by atoms with Gasteiger partial charge in [-0.15, -0.1) is 0 Å². The number of hydrogen-bond donors (Lipinski definition) is 2. The molecule has 0 aromatic heterocycles. The molecule has 1 atom stereocenters. The van der Waals surface area contributed by atoms with Crippen LogP contribution in [0, 0.1) is 0 Å². The van der Waals surface area contributed by atoms with Crippen LogP contribution in [-0.4, -0.2) is 11.7 Å². The van der Waals surface area contributed by atoms with Crippen LogP contribution in [0.1, 0.15) is 36.1 Å². The summed E-state index contributed by atoms with van der Waals surface area (Å²) in [4.78, 5) is 0. The van der Waals surface area contributed by atoms with E-state index >= 15 is 0 Å². The number of benzene rings is 3. The monoisotopic (exact) mass is 443 g/mol. The summed E-state index contributed by atoms with van der Waals surface area (Å²) in [7, 11) is 0. The van der Waals surface area contributed by atoms with Gasteiger partial charge in [0.05, 0.1) is 0 Å². The molecule has 1 aliphatic rings. The van der Waals surface area contributed by atoms with Crippen molar-refractivity contribution in [3.63, 3.8) is 0 Å². The van der Waals surface area contributed by atoms with E-state index in [2.05, 4.69) is 11.4 Å². The molecule has 0 heterocycles. The van der Waals surface area contributed by atoms with E-state index in [0.29, 0.717) is 21.6 Å². The highest BCUT2D eigenvalue weighted by atomic mass is 35.5. The smallest absolute Gasteiger partial charge is 0.139 e. The van der Waals surface area contributed by atoms with Gasteiger partial charge in [0.2, 0.25) is 0 Å². The summed E-state index contributed by atoms with van der Waals surface area (Å²) in [5, 5.41) is 16.2. The molecule has 0 amide bonds. The lowest BCUT2D eigenvalue weighted by Gasteiger charge is -2.27. The summed E-state index contributed by atoms with van der Waals surface area (Å²) in [5.74, 6) is 0. The van der Waals surface area contributed by atoms with Gasteiger partial charge in [0.15, 0.2) is 0 Å². The molecule has 0 fully saturated rings. The first-order valence-corrected chi connectivity index (χ1v) is 10.5. The second kappa shape index (κ2) is 7.79. The molecule has 3 aromatic rings. The number of nitrogens with one attached hydrogen (secondary N) is 1. The van der Waals surface area contributed by atoms with E-state index in [1.165, 1.54) is 0 Å². The first-order chi connectivity index (χ1) is 13.8. The van der Waals surface area contributed by atoms with Gasteiger partial charge in [-0.2, -0.15) is 0 Å². The van der Waals surface area contributed by atoms with Crippen LogP contribution >= 0.6 is 34.8 Å². The van der Waals surface area contributed by atoms with Crippen LogP contribution in [0.25, 0.3) is 22.8 Å². The van der Waals surface area contributed by atoms with Gasteiger partial charge in [0.1, 0.15) is 5.72 Å². The van der Waals surface area contributed by atoms with Gasteiger partial charge in [0, 0.05) is 20.6 Å². The Labute approximate surface area is 185 Å². The maximum absolute atomic E-state index is 11.1. The molecule has 4 rings (SSSR count). The molecule has 2 nitrogen and oxygen atoms in total. The van der Waals surface area contributed by atoms with E-state index in [9.17, 15) is 5.11 Å². The number of hydrogen-bond acceptors (Lipinski definition) is 2. The first-order valence-electron chi connectivity index (χ1n) is 9.39. The molecule has 3 aromatic carbocycles. The molecule has 0 aliphatic heterocycles. The fourth-order valence-corrected chi connectivity index (χ4v) is 4.43. The van der Waals surface area contributed by atoms with E-state index in [4.69, 9.17) is 34.8 Å². The van der Waals surface area contributed by atoms with Crippen molar-refractivity contribution in [2.24, 2.45) is 0 Å². The largest absolute Gasteiger partial charge is 0.372 e. The Morgan fingerprint density at radius 2 is 1.52 bits per heavy atom. The van der Waals surface area contributed by atoms with Crippen molar-refractivity contribution in [1.29, 1.82) is 0 Å². The topological polar surface area (TPSA) is 32.3 Å². The molecule has 148 valence electrons. The van der Waals surface area contributed by atoms with Crippen molar-refractivity contribution in [2.75, 3.05) is 6.54 Å². The van der Waals surface area contributed by atoms with Crippen LogP contribution in [-0.2, 0) is 5.72 Å². The third-order valence-corrected chi connectivity index (χ3v) is 5.87. The van der Waals surface area contributed by atoms with Crippen LogP contribution in [0.3, 0.4) is 0 Å². The lowest BCUT2D eigenvalue weighted by atomic mass is 9.92. The fourth-order valence-electron chi connectivity index (χ4n) is 3.92. The molecule has 29 heavy (non-hydrogen) atoms. The maximum Gasteiger partial charge on any atom is 0.139 e. The molecule has 1 unspecified atom stereocenters. The third-order valence-electron chi connectivity index (χ3n) is 5.16. The van der Waals surface area contributed by atoms with E-state index in [-0.39, 0.29) is 0 Å². The van der Waals surface area contributed by atoms with Gasteiger partial charge < -0.3 is 5.11 Å². The van der Waals surface area contributed by atoms with Gasteiger partial charge in [0.25, 0.3) is 0 Å². The van der Waals surface area contributed by atoms with Crippen molar-refractivity contribution in [3.8, 4) is 11.1 Å². The van der Waals surface area contributed by atoms with E-state index in [0.717, 1.165) is 39.0 Å². The number of aliphatic hydroxyl groups is 1. The Morgan fingerprint density at radius 3 is 2.21 bits per heavy atom. The lowest BCUT2D eigenvalue weighted by molar-refractivity contribution is 0.0225. The minimum Gasteiger partial charge on any atom is -0.372 e. The minimum atomic E-state index is -1.23. The van der Waals surface area contributed by atoms with Crippen LogP contribution in [0.5, 0.6) is 0 Å². The van der Waals surface area contributed by atoms with Gasteiger partial charge in [-0.25, -0.2) is 0 Å². The Balaban J connectivity index is 2.02. The lowest BCUT2D eigenvalue weighted by Crippen LogP contribution is -2.39. The number of rotatable bonds is 4. The SMILES string of the molecule is CCNC(C)(O)c1cc(Cl)cc2c1-c1ccc(Cl)cc1C2=Cc1ccc(Cl)cc1. The Bertz CT molecular complexity index is 1120. The van der Waals surface area contributed by atoms with Crippen molar-refractivity contribution in [2.45, 2.75) is 19.6 Å². The Hall–Kier alpha value is -1.81. The molecule has 5 heteroatoms. The van der Waals surface area contributed by atoms with Crippen molar-refractivity contribution >= 4 is 46.5 Å². The van der Waals surface area contributed by atoms with Crippen LogP contribution in [0.15, 0.2) is 54.6 Å².